The van der Waals surface area contributed by atoms with Gasteiger partial charge in [-0.05, 0) is 25.5 Å². The summed E-state index contributed by atoms with van der Waals surface area (Å²) in [5.74, 6) is -1.26. The zero-order valence-corrected chi connectivity index (χ0v) is 30.9. The van der Waals surface area contributed by atoms with Crippen LogP contribution in [0.15, 0.2) is 59.8 Å². The normalized spacial score (nSPS) is 15.6. The number of hydrogen-bond donors (Lipinski definition) is 3. The Morgan fingerprint density at radius 2 is 1.76 bits per heavy atom. The lowest BCUT2D eigenvalue weighted by molar-refractivity contribution is -0.182. The molecule has 22 heteroatoms. The second-order valence-corrected chi connectivity index (χ2v) is 14.2. The predicted molar refractivity (Wildman–Crippen MR) is 196 cm³/mol. The standard InChI is InChI=1S/C36H34F4N14O4/c1-35(2,36(38,39)40)33-46-28(48-49-33)17-44-32(56)27-12-24(50-58-27)31-42-13-21(14-43-31)22-4-3-20(11-23(22)37)18-51-7-9-52(10-8-51)29-19-54-26(15-41-29)25(16-45-54)53-6-5-30(55)47-34(53)57/h3-4,11-16,19H,5-10,17-18H2,1-2H3,(H,44,56)(H,46,48,49)(H,47,55,57). The number of benzene rings is 1. The van der Waals surface area contributed by atoms with E-state index in [9.17, 15) is 27.6 Å². The Morgan fingerprint density at radius 1 is 0.983 bits per heavy atom. The van der Waals surface area contributed by atoms with E-state index in [1.54, 1.807) is 23.0 Å². The number of urea groups is 1. The number of nitrogens with one attached hydrogen (secondary N) is 3. The first kappa shape index (κ1) is 38.1. The lowest BCUT2D eigenvalue weighted by Crippen LogP contribution is -2.49. The Morgan fingerprint density at radius 3 is 2.48 bits per heavy atom. The summed E-state index contributed by atoms with van der Waals surface area (Å²) in [5.41, 5.74) is 0.580. The van der Waals surface area contributed by atoms with Crippen LogP contribution in [0.25, 0.3) is 28.2 Å². The number of halogens is 4. The lowest BCUT2D eigenvalue weighted by atomic mass is 9.92. The van der Waals surface area contributed by atoms with E-state index >= 15 is 4.39 Å². The fourth-order valence-electron chi connectivity index (χ4n) is 6.43. The van der Waals surface area contributed by atoms with Crippen molar-refractivity contribution in [1.29, 1.82) is 0 Å². The molecule has 0 radical (unpaired) electrons. The van der Waals surface area contributed by atoms with Gasteiger partial charge in [0.1, 0.15) is 28.4 Å². The molecule has 0 spiro atoms. The Kier molecular flexibility index (Phi) is 9.78. The van der Waals surface area contributed by atoms with Crippen LogP contribution in [0.1, 0.15) is 48.0 Å². The molecule has 4 amide bonds. The number of nitrogens with zero attached hydrogens (tertiary/aromatic N) is 11. The van der Waals surface area contributed by atoms with Crippen LogP contribution in [0.2, 0.25) is 0 Å². The van der Waals surface area contributed by atoms with Crippen LogP contribution in [0.3, 0.4) is 0 Å². The van der Waals surface area contributed by atoms with Crippen molar-refractivity contribution in [2.75, 3.05) is 42.5 Å². The number of rotatable bonds is 10. The molecule has 8 rings (SSSR count). The van der Waals surface area contributed by atoms with E-state index in [-0.39, 0.29) is 48.5 Å². The third kappa shape index (κ3) is 7.52. The van der Waals surface area contributed by atoms with Crippen molar-refractivity contribution in [3.05, 3.63) is 84.0 Å². The van der Waals surface area contributed by atoms with Gasteiger partial charge in [-0.3, -0.25) is 29.8 Å². The molecule has 58 heavy (non-hydrogen) atoms. The average Bonchev–Trinajstić information content (AvgIpc) is 3.98. The van der Waals surface area contributed by atoms with E-state index in [2.05, 4.69) is 60.8 Å². The van der Waals surface area contributed by atoms with E-state index in [0.717, 1.165) is 25.2 Å². The molecular weight excluding hydrogens is 768 g/mol. The molecular formula is C36H34F4N14O4. The van der Waals surface area contributed by atoms with Crippen LogP contribution in [0.4, 0.5) is 33.9 Å². The first-order valence-corrected chi connectivity index (χ1v) is 18.0. The number of amides is 4. The molecule has 5 aromatic heterocycles. The maximum Gasteiger partial charge on any atom is 0.401 e. The summed E-state index contributed by atoms with van der Waals surface area (Å²) in [7, 11) is 0. The topological polar surface area (TPSA) is 209 Å². The second-order valence-electron chi connectivity index (χ2n) is 14.2. The highest BCUT2D eigenvalue weighted by atomic mass is 19.4. The summed E-state index contributed by atoms with van der Waals surface area (Å²) >= 11 is 0. The van der Waals surface area contributed by atoms with Gasteiger partial charge in [-0.1, -0.05) is 17.3 Å². The fraction of sp³-hybridized carbons (Fsp3) is 0.333. The first-order chi connectivity index (χ1) is 27.7. The molecule has 0 unspecified atom stereocenters. The van der Waals surface area contributed by atoms with E-state index < -0.39 is 35.2 Å². The molecule has 7 heterocycles. The van der Waals surface area contributed by atoms with Gasteiger partial charge in [-0.15, -0.1) is 0 Å². The van der Waals surface area contributed by atoms with Gasteiger partial charge in [0, 0.05) is 75.3 Å². The van der Waals surface area contributed by atoms with Crippen LogP contribution >= 0.6 is 0 Å². The van der Waals surface area contributed by atoms with E-state index in [4.69, 9.17) is 4.52 Å². The van der Waals surface area contributed by atoms with Gasteiger partial charge in [-0.25, -0.2) is 33.6 Å². The highest BCUT2D eigenvalue weighted by Gasteiger charge is 2.51. The quantitative estimate of drug-likeness (QED) is 0.169. The van der Waals surface area contributed by atoms with Gasteiger partial charge in [0.15, 0.2) is 17.3 Å². The van der Waals surface area contributed by atoms with Crippen LogP contribution in [-0.4, -0.2) is 107 Å². The Hall–Kier alpha value is -6.84. The lowest BCUT2D eigenvalue weighted by Gasteiger charge is -2.35. The summed E-state index contributed by atoms with van der Waals surface area (Å²) in [6.07, 6.45) is 3.55. The van der Waals surface area contributed by atoms with Crippen molar-refractivity contribution in [1.82, 2.24) is 60.4 Å². The summed E-state index contributed by atoms with van der Waals surface area (Å²) in [5, 5.41) is 19.1. The third-order valence-corrected chi connectivity index (χ3v) is 9.99. The molecule has 3 N–H and O–H groups in total. The third-order valence-electron chi connectivity index (χ3n) is 9.99. The SMILES string of the molecule is CC(C)(c1n[nH]c(CNC(=O)c2cc(-c3ncc(-c4ccc(CN5CCN(c6cn7ncc(N8CCC(=O)NC8=O)c7cn6)CC5)cc4F)cn3)no2)n1)C(F)(F)F. The molecule has 0 aliphatic carbocycles. The summed E-state index contributed by atoms with van der Waals surface area (Å²) in [6.45, 7) is 5.25. The Balaban J connectivity index is 0.835. The molecule has 6 aromatic rings. The summed E-state index contributed by atoms with van der Waals surface area (Å²) in [4.78, 5) is 59.4. The predicted octanol–water partition coefficient (Wildman–Crippen LogP) is 3.64. The maximum absolute atomic E-state index is 15.4. The van der Waals surface area contributed by atoms with Gasteiger partial charge in [-0.2, -0.15) is 23.4 Å². The summed E-state index contributed by atoms with van der Waals surface area (Å²) in [6, 6.07) is 5.81. The number of imide groups is 1. The summed E-state index contributed by atoms with van der Waals surface area (Å²) < 4.78 is 62.1. The molecule has 18 nitrogen and oxygen atoms in total. The van der Waals surface area contributed by atoms with Gasteiger partial charge in [0.2, 0.25) is 11.7 Å². The van der Waals surface area contributed by atoms with E-state index in [0.29, 0.717) is 55.1 Å². The van der Waals surface area contributed by atoms with Gasteiger partial charge in [0.25, 0.3) is 5.91 Å². The monoisotopic (exact) mass is 802 g/mol. The number of anilines is 2. The van der Waals surface area contributed by atoms with Crippen molar-refractivity contribution < 1.29 is 36.5 Å². The second kappa shape index (κ2) is 14.9. The van der Waals surface area contributed by atoms with Gasteiger partial charge in [0.05, 0.1) is 30.8 Å². The smallest absolute Gasteiger partial charge is 0.353 e. The molecule has 1 aromatic carbocycles. The number of hydrogen-bond acceptors (Lipinski definition) is 13. The van der Waals surface area contributed by atoms with Crippen LogP contribution in [0.5, 0.6) is 0 Å². The minimum Gasteiger partial charge on any atom is -0.353 e. The Bertz CT molecular complexity index is 2510. The zero-order chi connectivity index (χ0) is 40.8. The number of aromatic nitrogens is 9. The molecule has 2 saturated heterocycles. The number of fused-ring (bicyclic) bond motifs is 1. The molecule has 2 aliphatic heterocycles. The minimum absolute atomic E-state index is 0.0154. The van der Waals surface area contributed by atoms with Crippen molar-refractivity contribution in [2.45, 2.75) is 44.9 Å². The highest BCUT2D eigenvalue weighted by molar-refractivity contribution is 6.07. The largest absolute Gasteiger partial charge is 0.401 e. The van der Waals surface area contributed by atoms with Crippen molar-refractivity contribution in [3.8, 4) is 22.6 Å². The van der Waals surface area contributed by atoms with Gasteiger partial charge < -0.3 is 14.7 Å². The van der Waals surface area contributed by atoms with Crippen molar-refractivity contribution in [2.24, 2.45) is 0 Å². The van der Waals surface area contributed by atoms with Crippen molar-refractivity contribution >= 4 is 34.9 Å². The molecule has 0 atom stereocenters. The zero-order valence-electron chi connectivity index (χ0n) is 30.9. The molecule has 2 fully saturated rings. The van der Waals surface area contributed by atoms with E-state index in [1.165, 1.54) is 29.4 Å². The molecule has 2 aliphatic rings. The number of carbonyl (C=O) groups excluding carboxylic acids is 3. The Labute approximate surface area is 325 Å². The molecule has 0 saturated carbocycles. The average molecular weight is 803 g/mol. The maximum atomic E-state index is 15.4. The number of alkyl halides is 3. The van der Waals surface area contributed by atoms with Crippen molar-refractivity contribution in [3.63, 3.8) is 0 Å². The number of aromatic amines is 1. The fourth-order valence-corrected chi connectivity index (χ4v) is 6.43. The van der Waals surface area contributed by atoms with Gasteiger partial charge >= 0.3 is 12.2 Å². The van der Waals surface area contributed by atoms with E-state index in [1.807, 2.05) is 12.3 Å². The number of carbonyl (C=O) groups is 3. The first-order valence-electron chi connectivity index (χ1n) is 18.0. The minimum atomic E-state index is -4.57. The van der Waals surface area contributed by atoms with Crippen LogP contribution < -0.4 is 20.4 Å². The van der Waals surface area contributed by atoms with Crippen LogP contribution in [0, 0.1) is 5.82 Å². The van der Waals surface area contributed by atoms with Crippen LogP contribution in [-0.2, 0) is 23.3 Å². The highest BCUT2D eigenvalue weighted by Crippen LogP contribution is 2.38. The number of piperazine rings is 1. The molecule has 0 bridgehead atoms. The number of H-pyrrole nitrogens is 1. The molecule has 300 valence electrons.